The molecule has 1 aromatic carbocycles. The first-order chi connectivity index (χ1) is 11.1. The number of hydrogen-bond acceptors (Lipinski definition) is 5. The van der Waals surface area contributed by atoms with Crippen molar-refractivity contribution in [1.82, 2.24) is 20.3 Å². The monoisotopic (exact) mass is 317 g/mol. The van der Waals surface area contributed by atoms with E-state index >= 15 is 0 Å². The summed E-state index contributed by atoms with van der Waals surface area (Å²) >= 11 is 0. The molecule has 0 radical (unpaired) electrons. The average molecular weight is 317 g/mol. The Morgan fingerprint density at radius 2 is 2.26 bits per heavy atom. The summed E-state index contributed by atoms with van der Waals surface area (Å²) in [6.45, 7) is 4.96. The zero-order valence-corrected chi connectivity index (χ0v) is 13.7. The number of carbonyl (C=O) groups is 1. The maximum absolute atomic E-state index is 12.3. The van der Waals surface area contributed by atoms with Crippen molar-refractivity contribution < 1.29 is 9.53 Å². The third-order valence-corrected chi connectivity index (χ3v) is 3.43. The molecule has 2 rings (SSSR count). The molecule has 2 aromatic rings. The third-order valence-electron chi connectivity index (χ3n) is 3.43. The maximum Gasteiger partial charge on any atom is 0.242 e. The minimum absolute atomic E-state index is 0.0350. The highest BCUT2D eigenvalue weighted by Gasteiger charge is 2.15. The first kappa shape index (κ1) is 16.8. The third kappa shape index (κ3) is 4.98. The van der Waals surface area contributed by atoms with Gasteiger partial charge in [0.2, 0.25) is 5.91 Å². The number of methoxy groups -OCH3 is 1. The summed E-state index contributed by atoms with van der Waals surface area (Å²) in [4.78, 5) is 12.3. The van der Waals surface area contributed by atoms with E-state index in [1.54, 1.807) is 11.8 Å². The predicted octanol–water partition coefficient (Wildman–Crippen LogP) is 1.60. The van der Waals surface area contributed by atoms with Crippen LogP contribution in [0.15, 0.2) is 30.5 Å². The summed E-state index contributed by atoms with van der Waals surface area (Å²) in [6, 6.07) is 7.25. The van der Waals surface area contributed by atoms with E-state index in [4.69, 9.17) is 4.74 Å². The van der Waals surface area contributed by atoms with Crippen molar-refractivity contribution in [1.29, 1.82) is 0 Å². The van der Waals surface area contributed by atoms with Crippen LogP contribution in [0, 0.1) is 6.92 Å². The standard InChI is InChI=1S/C16H23N5O2/c1-4-15(18-13-6-5-7-14(10-13)23-3)16(22)17-8-9-21-11-12(2)19-20-21/h5-7,10-11,15,18H,4,8-9H2,1-3H3,(H,17,22)/t15-/m1/s1. The quantitative estimate of drug-likeness (QED) is 0.773. The van der Waals surface area contributed by atoms with Crippen LogP contribution in [-0.4, -0.2) is 40.6 Å². The molecule has 0 fully saturated rings. The normalized spacial score (nSPS) is 11.8. The second-order valence-corrected chi connectivity index (χ2v) is 5.25. The van der Waals surface area contributed by atoms with Crippen LogP contribution >= 0.6 is 0 Å². The molecule has 0 aliphatic rings. The van der Waals surface area contributed by atoms with Crippen molar-refractivity contribution in [3.63, 3.8) is 0 Å². The van der Waals surface area contributed by atoms with Crippen LogP contribution in [0.25, 0.3) is 0 Å². The van der Waals surface area contributed by atoms with Crippen LogP contribution in [0.3, 0.4) is 0 Å². The summed E-state index contributed by atoms with van der Waals surface area (Å²) in [5, 5.41) is 14.0. The van der Waals surface area contributed by atoms with Gasteiger partial charge in [-0.05, 0) is 25.5 Å². The van der Waals surface area contributed by atoms with Crippen molar-refractivity contribution in [2.75, 3.05) is 19.0 Å². The Balaban J connectivity index is 1.85. The topological polar surface area (TPSA) is 81.1 Å². The number of anilines is 1. The number of carbonyl (C=O) groups excluding carboxylic acids is 1. The summed E-state index contributed by atoms with van der Waals surface area (Å²) < 4.78 is 6.90. The predicted molar refractivity (Wildman–Crippen MR) is 88.5 cm³/mol. The van der Waals surface area contributed by atoms with Gasteiger partial charge < -0.3 is 15.4 Å². The van der Waals surface area contributed by atoms with Crippen molar-refractivity contribution in [2.24, 2.45) is 0 Å². The summed E-state index contributed by atoms with van der Waals surface area (Å²) in [7, 11) is 1.62. The zero-order valence-electron chi connectivity index (χ0n) is 13.7. The number of benzene rings is 1. The number of aryl methyl sites for hydroxylation is 1. The van der Waals surface area contributed by atoms with E-state index in [9.17, 15) is 4.79 Å². The van der Waals surface area contributed by atoms with Gasteiger partial charge in [-0.15, -0.1) is 5.10 Å². The SMILES string of the molecule is CC[C@@H](Nc1cccc(OC)c1)C(=O)NCCn1cc(C)nn1. The van der Waals surface area contributed by atoms with Crippen LogP contribution in [-0.2, 0) is 11.3 Å². The fraction of sp³-hybridized carbons (Fsp3) is 0.438. The molecule has 7 nitrogen and oxygen atoms in total. The molecule has 0 saturated carbocycles. The molecule has 1 atom stereocenters. The van der Waals surface area contributed by atoms with E-state index in [0.717, 1.165) is 17.1 Å². The Hall–Kier alpha value is -2.57. The fourth-order valence-electron chi connectivity index (χ4n) is 2.19. The minimum Gasteiger partial charge on any atom is -0.497 e. The van der Waals surface area contributed by atoms with E-state index in [1.807, 2.05) is 44.3 Å². The number of amides is 1. The van der Waals surface area contributed by atoms with Gasteiger partial charge in [-0.3, -0.25) is 9.48 Å². The summed E-state index contributed by atoms with van der Waals surface area (Å²) in [5.41, 5.74) is 1.72. The van der Waals surface area contributed by atoms with Crippen molar-refractivity contribution >= 4 is 11.6 Å². The van der Waals surface area contributed by atoms with Crippen molar-refractivity contribution in [2.45, 2.75) is 32.9 Å². The summed E-state index contributed by atoms with van der Waals surface area (Å²) in [6.07, 6.45) is 2.53. The van der Waals surface area contributed by atoms with E-state index < -0.39 is 0 Å². The number of hydrogen-bond donors (Lipinski definition) is 2. The highest BCUT2D eigenvalue weighted by atomic mass is 16.5. The van der Waals surface area contributed by atoms with E-state index in [0.29, 0.717) is 19.5 Å². The molecule has 0 aliphatic carbocycles. The van der Waals surface area contributed by atoms with Gasteiger partial charge in [0.05, 0.1) is 19.3 Å². The highest BCUT2D eigenvalue weighted by molar-refractivity contribution is 5.84. The molecule has 23 heavy (non-hydrogen) atoms. The maximum atomic E-state index is 12.3. The van der Waals surface area contributed by atoms with Crippen LogP contribution in [0.4, 0.5) is 5.69 Å². The Labute approximate surface area is 136 Å². The van der Waals surface area contributed by atoms with Gasteiger partial charge >= 0.3 is 0 Å². The number of aromatic nitrogens is 3. The molecule has 1 heterocycles. The molecule has 2 N–H and O–H groups in total. The summed E-state index contributed by atoms with van der Waals surface area (Å²) in [5.74, 6) is 0.721. The zero-order chi connectivity index (χ0) is 16.7. The lowest BCUT2D eigenvalue weighted by Crippen LogP contribution is -2.40. The van der Waals surface area contributed by atoms with E-state index in [1.165, 1.54) is 0 Å². The van der Waals surface area contributed by atoms with Crippen LogP contribution < -0.4 is 15.4 Å². The Morgan fingerprint density at radius 1 is 1.43 bits per heavy atom. The molecule has 0 aliphatic heterocycles. The molecule has 0 unspecified atom stereocenters. The lowest BCUT2D eigenvalue weighted by Gasteiger charge is -2.18. The van der Waals surface area contributed by atoms with Crippen molar-refractivity contribution in [3.8, 4) is 5.75 Å². The Kier molecular flexibility index (Phi) is 5.96. The molecule has 1 amide bonds. The molecule has 0 bridgehead atoms. The Morgan fingerprint density at radius 3 is 2.91 bits per heavy atom. The van der Waals surface area contributed by atoms with Gasteiger partial charge in [0.25, 0.3) is 0 Å². The van der Waals surface area contributed by atoms with Gasteiger partial charge in [0.15, 0.2) is 0 Å². The van der Waals surface area contributed by atoms with Gasteiger partial charge in [-0.1, -0.05) is 18.2 Å². The second-order valence-electron chi connectivity index (χ2n) is 5.25. The van der Waals surface area contributed by atoms with Gasteiger partial charge in [0, 0.05) is 24.5 Å². The largest absolute Gasteiger partial charge is 0.497 e. The lowest BCUT2D eigenvalue weighted by atomic mass is 10.2. The highest BCUT2D eigenvalue weighted by Crippen LogP contribution is 2.18. The average Bonchev–Trinajstić information content (AvgIpc) is 2.98. The van der Waals surface area contributed by atoms with Gasteiger partial charge in [0.1, 0.15) is 11.8 Å². The fourth-order valence-corrected chi connectivity index (χ4v) is 2.19. The van der Waals surface area contributed by atoms with E-state index in [-0.39, 0.29) is 11.9 Å². The van der Waals surface area contributed by atoms with Gasteiger partial charge in [-0.25, -0.2) is 0 Å². The van der Waals surface area contributed by atoms with Crippen LogP contribution in [0.2, 0.25) is 0 Å². The molecule has 7 heteroatoms. The van der Waals surface area contributed by atoms with Crippen LogP contribution in [0.5, 0.6) is 5.75 Å². The molecular weight excluding hydrogens is 294 g/mol. The molecule has 124 valence electrons. The molecule has 1 aromatic heterocycles. The van der Waals surface area contributed by atoms with E-state index in [2.05, 4.69) is 20.9 Å². The van der Waals surface area contributed by atoms with Crippen LogP contribution in [0.1, 0.15) is 19.0 Å². The van der Waals surface area contributed by atoms with Crippen molar-refractivity contribution in [3.05, 3.63) is 36.2 Å². The smallest absolute Gasteiger partial charge is 0.242 e. The molecule has 0 saturated heterocycles. The number of nitrogens with zero attached hydrogens (tertiary/aromatic N) is 3. The first-order valence-electron chi connectivity index (χ1n) is 7.67. The first-order valence-corrected chi connectivity index (χ1v) is 7.67. The molecule has 0 spiro atoms. The number of rotatable bonds is 8. The number of ether oxygens (including phenoxy) is 1. The lowest BCUT2D eigenvalue weighted by molar-refractivity contribution is -0.121. The Bertz CT molecular complexity index is 641. The number of nitrogens with one attached hydrogen (secondary N) is 2. The van der Waals surface area contributed by atoms with Gasteiger partial charge in [-0.2, -0.15) is 0 Å². The molecular formula is C16H23N5O2. The second kappa shape index (κ2) is 8.17. The minimum atomic E-state index is -0.292.